The Kier molecular flexibility index (Phi) is 3.03. The number of rotatable bonds is 2. The molecule has 0 aliphatic heterocycles. The van der Waals surface area contributed by atoms with Crippen LogP contribution >= 0.6 is 23.2 Å². The normalized spacial score (nSPS) is 26.1. The zero-order valence-electron chi connectivity index (χ0n) is 9.04. The van der Waals surface area contributed by atoms with Crippen molar-refractivity contribution in [1.82, 2.24) is 0 Å². The molecule has 0 heterocycles. The molecule has 1 aliphatic rings. The van der Waals surface area contributed by atoms with E-state index in [2.05, 4.69) is 10.8 Å². The number of nitrogens with zero attached hydrogens (tertiary/aromatic N) is 1. The van der Waals surface area contributed by atoms with E-state index in [1.807, 2.05) is 0 Å². The lowest BCUT2D eigenvalue weighted by molar-refractivity contribution is -0.142. The summed E-state index contributed by atoms with van der Waals surface area (Å²) in [6, 6.07) is 7.17. The largest absolute Gasteiger partial charge is 0.469 e. The molecule has 0 saturated heterocycles. The topological polar surface area (TPSA) is 50.1 Å². The van der Waals surface area contributed by atoms with Gasteiger partial charge in [0.2, 0.25) is 0 Å². The second kappa shape index (κ2) is 4.21. The summed E-state index contributed by atoms with van der Waals surface area (Å²) in [4.78, 5) is 11.4. The highest BCUT2D eigenvalue weighted by Crippen LogP contribution is 2.55. The molecule has 2 rings (SSSR count). The highest BCUT2D eigenvalue weighted by Gasteiger charge is 2.61. The fourth-order valence-electron chi connectivity index (χ4n) is 1.97. The van der Waals surface area contributed by atoms with Crippen LogP contribution in [0.15, 0.2) is 18.2 Å². The maximum atomic E-state index is 11.4. The number of esters is 1. The summed E-state index contributed by atoms with van der Waals surface area (Å²) >= 11 is 11.7. The molecule has 1 aliphatic carbocycles. The van der Waals surface area contributed by atoms with Gasteiger partial charge in [-0.3, -0.25) is 4.79 Å². The Morgan fingerprint density at radius 2 is 2.24 bits per heavy atom. The molecular formula is C12H9Cl2NO2. The van der Waals surface area contributed by atoms with Gasteiger partial charge in [0.15, 0.2) is 0 Å². The first-order valence-electron chi connectivity index (χ1n) is 5.00. The van der Waals surface area contributed by atoms with Crippen molar-refractivity contribution in [2.24, 2.45) is 5.92 Å². The molecule has 1 unspecified atom stereocenters. The van der Waals surface area contributed by atoms with E-state index >= 15 is 0 Å². The average molecular weight is 270 g/mol. The number of nitriles is 1. The van der Waals surface area contributed by atoms with Crippen molar-refractivity contribution in [3.8, 4) is 6.07 Å². The van der Waals surface area contributed by atoms with E-state index in [1.165, 1.54) is 7.11 Å². The van der Waals surface area contributed by atoms with Crippen molar-refractivity contribution in [3.63, 3.8) is 0 Å². The second-order valence-electron chi connectivity index (χ2n) is 3.99. The summed E-state index contributed by atoms with van der Waals surface area (Å²) in [5.74, 6) is -0.771. The monoisotopic (exact) mass is 269 g/mol. The fraction of sp³-hybridized carbons (Fsp3) is 0.333. The van der Waals surface area contributed by atoms with E-state index in [1.54, 1.807) is 18.2 Å². The van der Waals surface area contributed by atoms with E-state index in [4.69, 9.17) is 23.2 Å². The van der Waals surface area contributed by atoms with Crippen LogP contribution in [0.1, 0.15) is 12.0 Å². The van der Waals surface area contributed by atoms with Gasteiger partial charge in [-0.1, -0.05) is 29.3 Å². The summed E-state index contributed by atoms with van der Waals surface area (Å²) in [5, 5.41) is 10.1. The van der Waals surface area contributed by atoms with E-state index in [0.29, 0.717) is 22.0 Å². The van der Waals surface area contributed by atoms with Crippen LogP contribution in [0.3, 0.4) is 0 Å². The lowest BCUT2D eigenvalue weighted by atomic mass is 9.95. The lowest BCUT2D eigenvalue weighted by Gasteiger charge is -2.09. The lowest BCUT2D eigenvalue weighted by Crippen LogP contribution is -2.14. The van der Waals surface area contributed by atoms with Crippen LogP contribution in [0.4, 0.5) is 0 Å². The highest BCUT2D eigenvalue weighted by atomic mass is 35.5. The van der Waals surface area contributed by atoms with Gasteiger partial charge < -0.3 is 4.74 Å². The van der Waals surface area contributed by atoms with E-state index in [9.17, 15) is 10.1 Å². The zero-order valence-corrected chi connectivity index (χ0v) is 10.5. The minimum absolute atomic E-state index is 0.363. The van der Waals surface area contributed by atoms with Gasteiger partial charge in [-0.2, -0.15) is 5.26 Å². The van der Waals surface area contributed by atoms with Crippen LogP contribution in [0, 0.1) is 17.2 Å². The summed E-state index contributed by atoms with van der Waals surface area (Å²) in [6.07, 6.45) is 0.466. The van der Waals surface area contributed by atoms with Crippen molar-refractivity contribution in [2.45, 2.75) is 11.8 Å². The molecule has 0 spiro atoms. The average Bonchev–Trinajstić information content (AvgIpc) is 3.07. The van der Waals surface area contributed by atoms with Gasteiger partial charge in [0.25, 0.3) is 0 Å². The zero-order chi connectivity index (χ0) is 12.6. The van der Waals surface area contributed by atoms with Gasteiger partial charge in [-0.25, -0.2) is 0 Å². The molecule has 0 radical (unpaired) electrons. The van der Waals surface area contributed by atoms with Gasteiger partial charge in [-0.15, -0.1) is 0 Å². The molecule has 17 heavy (non-hydrogen) atoms. The molecule has 5 heteroatoms. The first kappa shape index (κ1) is 12.2. The number of hydrogen-bond donors (Lipinski definition) is 0. The van der Waals surface area contributed by atoms with Crippen LogP contribution in [-0.2, 0) is 14.9 Å². The molecule has 1 fully saturated rings. The first-order chi connectivity index (χ1) is 8.05. The third-order valence-corrected chi connectivity index (χ3v) is 3.82. The van der Waals surface area contributed by atoms with E-state index in [-0.39, 0.29) is 5.97 Å². The van der Waals surface area contributed by atoms with Crippen molar-refractivity contribution < 1.29 is 9.53 Å². The van der Waals surface area contributed by atoms with Crippen molar-refractivity contribution >= 4 is 29.2 Å². The summed E-state index contributed by atoms with van der Waals surface area (Å²) < 4.78 is 4.66. The SMILES string of the molecule is COC(=O)C1C[C@]1(C#N)c1ccc(Cl)c(Cl)c1. The van der Waals surface area contributed by atoms with Crippen LogP contribution < -0.4 is 0 Å². The summed E-state index contributed by atoms with van der Waals surface area (Å²) in [5.41, 5.74) is -0.0915. The van der Waals surface area contributed by atoms with Crippen LogP contribution in [0.25, 0.3) is 0 Å². The summed E-state index contributed by atoms with van der Waals surface area (Å²) in [7, 11) is 1.32. The van der Waals surface area contributed by atoms with Gasteiger partial charge in [0, 0.05) is 0 Å². The third-order valence-electron chi connectivity index (χ3n) is 3.08. The van der Waals surface area contributed by atoms with Gasteiger partial charge in [0.1, 0.15) is 0 Å². The number of methoxy groups -OCH3 is 1. The first-order valence-corrected chi connectivity index (χ1v) is 5.75. The number of benzene rings is 1. The molecule has 1 aromatic carbocycles. The van der Waals surface area contributed by atoms with Gasteiger partial charge >= 0.3 is 5.97 Å². The summed E-state index contributed by atoms with van der Waals surface area (Å²) in [6.45, 7) is 0. The Morgan fingerprint density at radius 1 is 1.53 bits per heavy atom. The van der Waals surface area contributed by atoms with Crippen molar-refractivity contribution in [2.75, 3.05) is 7.11 Å². The minimum Gasteiger partial charge on any atom is -0.469 e. The van der Waals surface area contributed by atoms with Gasteiger partial charge in [-0.05, 0) is 24.1 Å². The Bertz CT molecular complexity index is 524. The fourth-order valence-corrected chi connectivity index (χ4v) is 2.27. The molecule has 0 amide bonds. The predicted octanol–water partition coefficient (Wildman–Crippen LogP) is 2.95. The predicted molar refractivity (Wildman–Crippen MR) is 63.9 cm³/mol. The highest BCUT2D eigenvalue weighted by molar-refractivity contribution is 6.42. The van der Waals surface area contributed by atoms with E-state index in [0.717, 1.165) is 0 Å². The number of carbonyl (C=O) groups is 1. The molecular weight excluding hydrogens is 261 g/mol. The minimum atomic E-state index is -0.804. The molecule has 1 aromatic rings. The van der Waals surface area contributed by atoms with Crippen molar-refractivity contribution in [3.05, 3.63) is 33.8 Å². The molecule has 0 bridgehead atoms. The smallest absolute Gasteiger partial charge is 0.310 e. The van der Waals surface area contributed by atoms with Crippen LogP contribution in [-0.4, -0.2) is 13.1 Å². The maximum Gasteiger partial charge on any atom is 0.310 e. The van der Waals surface area contributed by atoms with Gasteiger partial charge in [0.05, 0.1) is 34.6 Å². The molecule has 0 aromatic heterocycles. The molecule has 88 valence electrons. The molecule has 0 N–H and O–H groups in total. The second-order valence-corrected chi connectivity index (χ2v) is 4.81. The van der Waals surface area contributed by atoms with Crippen molar-refractivity contribution in [1.29, 1.82) is 5.26 Å². The standard InChI is InChI=1S/C12H9Cl2NO2/c1-17-11(16)8-5-12(8,6-15)7-2-3-9(13)10(14)4-7/h2-4,8H,5H2,1H3/t8?,12-/m0/s1. The maximum absolute atomic E-state index is 11.4. The Balaban J connectivity index is 2.36. The van der Waals surface area contributed by atoms with E-state index < -0.39 is 11.3 Å². The Labute approximate surface area is 109 Å². The van der Waals surface area contributed by atoms with Crippen LogP contribution in [0.2, 0.25) is 10.0 Å². The quantitative estimate of drug-likeness (QED) is 0.776. The van der Waals surface area contributed by atoms with Crippen LogP contribution in [0.5, 0.6) is 0 Å². The number of halogens is 2. The molecule has 2 atom stereocenters. The Hall–Kier alpha value is -1.24. The number of ether oxygens (including phenoxy) is 1. The number of hydrogen-bond acceptors (Lipinski definition) is 3. The third kappa shape index (κ3) is 1.88. The molecule has 3 nitrogen and oxygen atoms in total. The number of carbonyl (C=O) groups excluding carboxylic acids is 1. The Morgan fingerprint density at radius 3 is 2.76 bits per heavy atom. The molecule has 1 saturated carbocycles.